The number of rotatable bonds is 4. The number of fused-ring (bicyclic) bond motifs is 1. The Bertz CT molecular complexity index is 504. The maximum absolute atomic E-state index is 11.8. The van der Waals surface area contributed by atoms with Gasteiger partial charge in [0.15, 0.2) is 0 Å². The third-order valence-corrected chi connectivity index (χ3v) is 5.59. The number of hydrogen-bond donors (Lipinski definition) is 1. The van der Waals surface area contributed by atoms with Crippen LogP contribution in [0.1, 0.15) is 20.7 Å². The Morgan fingerprint density at radius 3 is 2.17 bits per heavy atom. The summed E-state index contributed by atoms with van der Waals surface area (Å²) in [4.78, 5) is 23.4. The molecule has 1 heterocycles. The van der Waals surface area contributed by atoms with Crippen LogP contribution in [0.15, 0.2) is 18.2 Å². The lowest BCUT2D eigenvalue weighted by Gasteiger charge is -2.25. The van der Waals surface area contributed by atoms with E-state index in [0.717, 1.165) is 0 Å². The van der Waals surface area contributed by atoms with Crippen LogP contribution in [0, 0.1) is 0 Å². The van der Waals surface area contributed by atoms with E-state index >= 15 is 0 Å². The average Bonchev–Trinajstić information content (AvgIpc) is 2.69. The molecule has 0 atom stereocenters. The van der Waals surface area contributed by atoms with Gasteiger partial charge in [0.2, 0.25) is 0 Å². The highest BCUT2D eigenvalue weighted by Gasteiger charge is 2.46. The number of carbonyl (C=O) groups excluding carboxylic acids is 2. The first-order valence-corrected chi connectivity index (χ1v) is 6.96. The van der Waals surface area contributed by atoms with E-state index < -0.39 is 20.6 Å². The molecule has 0 saturated heterocycles. The zero-order chi connectivity index (χ0) is 13.3. The molecule has 1 aromatic carbocycles. The van der Waals surface area contributed by atoms with Crippen LogP contribution >= 0.6 is 0 Å². The molecule has 96 valence electrons. The molecule has 1 aliphatic rings. The van der Waals surface area contributed by atoms with Gasteiger partial charge in [0.25, 0.3) is 11.8 Å². The van der Waals surface area contributed by atoms with Crippen molar-refractivity contribution in [3.05, 3.63) is 29.3 Å². The second kappa shape index (κ2) is 4.62. The molecular weight excluding hydrogens is 254 g/mol. The summed E-state index contributed by atoms with van der Waals surface area (Å²) >= 11 is 0. The molecule has 1 aliphatic heterocycles. The van der Waals surface area contributed by atoms with Crippen LogP contribution in [0.5, 0.6) is 0 Å². The number of imide groups is 1. The lowest BCUT2D eigenvalue weighted by Crippen LogP contribution is -2.56. The Hall–Kier alpha value is -1.54. The molecule has 1 N–H and O–H groups in total. The lowest BCUT2D eigenvalue weighted by atomic mass is 10.1. The molecule has 6 nitrogen and oxygen atoms in total. The minimum atomic E-state index is -3.13. The van der Waals surface area contributed by atoms with Crippen LogP contribution in [0.2, 0.25) is 0 Å². The molecule has 0 saturated carbocycles. The topological polar surface area (TPSA) is 73.9 Å². The van der Waals surface area contributed by atoms with Crippen molar-refractivity contribution in [1.82, 2.24) is 5.32 Å². The van der Waals surface area contributed by atoms with Gasteiger partial charge in [0, 0.05) is 26.5 Å². The normalized spacial score (nSPS) is 14.6. The van der Waals surface area contributed by atoms with Crippen LogP contribution < -0.4 is 10.5 Å². The van der Waals surface area contributed by atoms with Gasteiger partial charge >= 0.3 is 8.80 Å². The third kappa shape index (κ3) is 1.68. The summed E-state index contributed by atoms with van der Waals surface area (Å²) in [5.41, 5.74) is 0.597. The maximum Gasteiger partial charge on any atom is 0.537 e. The highest BCUT2D eigenvalue weighted by Crippen LogP contribution is 2.18. The van der Waals surface area contributed by atoms with E-state index in [1.807, 2.05) is 0 Å². The van der Waals surface area contributed by atoms with E-state index in [-0.39, 0.29) is 5.56 Å². The smallest absolute Gasteiger partial charge is 0.373 e. The molecule has 0 radical (unpaired) electrons. The second-order valence-corrected chi connectivity index (χ2v) is 6.56. The molecule has 0 aliphatic carbocycles. The van der Waals surface area contributed by atoms with E-state index in [9.17, 15) is 9.59 Å². The Balaban J connectivity index is 2.67. The molecule has 7 heteroatoms. The summed E-state index contributed by atoms with van der Waals surface area (Å²) in [5.74, 6) is -0.864. The molecule has 0 fully saturated rings. The minimum Gasteiger partial charge on any atom is -0.373 e. The fourth-order valence-corrected chi connectivity index (χ4v) is 4.07. The van der Waals surface area contributed by atoms with Gasteiger partial charge in [-0.1, -0.05) is 12.1 Å². The van der Waals surface area contributed by atoms with Gasteiger partial charge in [-0.25, -0.2) is 0 Å². The zero-order valence-corrected chi connectivity index (χ0v) is 11.3. The van der Waals surface area contributed by atoms with Gasteiger partial charge < -0.3 is 13.3 Å². The molecule has 2 amide bonds. The summed E-state index contributed by atoms with van der Waals surface area (Å²) in [7, 11) is 1.22. The minimum absolute atomic E-state index is 0.278. The second-order valence-electron chi connectivity index (χ2n) is 3.68. The summed E-state index contributed by atoms with van der Waals surface area (Å²) in [5, 5.41) is 2.74. The molecule has 0 spiro atoms. The summed E-state index contributed by atoms with van der Waals surface area (Å²) in [6, 6.07) is 4.93. The van der Waals surface area contributed by atoms with Crippen molar-refractivity contribution in [2.45, 2.75) is 0 Å². The van der Waals surface area contributed by atoms with Crippen molar-refractivity contribution >= 4 is 25.8 Å². The van der Waals surface area contributed by atoms with Gasteiger partial charge in [0.05, 0.1) is 11.1 Å². The van der Waals surface area contributed by atoms with Crippen molar-refractivity contribution < 1.29 is 22.9 Å². The molecule has 2 rings (SSSR count). The number of nitrogens with one attached hydrogen (secondary N) is 1. The van der Waals surface area contributed by atoms with Crippen LogP contribution in [0.4, 0.5) is 0 Å². The van der Waals surface area contributed by atoms with Gasteiger partial charge in [-0.15, -0.1) is 0 Å². The Kier molecular flexibility index (Phi) is 3.31. The third-order valence-electron chi connectivity index (χ3n) is 2.90. The van der Waals surface area contributed by atoms with Crippen molar-refractivity contribution in [2.75, 3.05) is 21.3 Å². The molecule has 0 aromatic heterocycles. The predicted octanol–water partition coefficient (Wildman–Crippen LogP) is -0.345. The summed E-state index contributed by atoms with van der Waals surface area (Å²) in [6.07, 6.45) is 0. The lowest BCUT2D eigenvalue weighted by molar-refractivity contribution is 0.0878. The van der Waals surface area contributed by atoms with E-state index in [1.54, 1.807) is 18.2 Å². The monoisotopic (exact) mass is 267 g/mol. The quantitative estimate of drug-likeness (QED) is 0.596. The predicted molar refractivity (Wildman–Crippen MR) is 64.7 cm³/mol. The average molecular weight is 267 g/mol. The van der Waals surface area contributed by atoms with E-state index in [0.29, 0.717) is 10.8 Å². The standard InChI is InChI=1S/C11H13NO5Si/c1-15-18(16-2,17-3)8-6-4-5-7-9(8)11(14)12-10(7)13/h4-6H,1-3H3,(H,12,13,14). The highest BCUT2D eigenvalue weighted by molar-refractivity contribution is 6.76. The van der Waals surface area contributed by atoms with Crippen LogP contribution in [-0.2, 0) is 13.3 Å². The van der Waals surface area contributed by atoms with Gasteiger partial charge in [-0.05, 0) is 6.07 Å². The Morgan fingerprint density at radius 2 is 1.61 bits per heavy atom. The summed E-state index contributed by atoms with van der Waals surface area (Å²) < 4.78 is 16.0. The van der Waals surface area contributed by atoms with E-state index in [4.69, 9.17) is 13.3 Å². The first-order chi connectivity index (χ1) is 8.59. The van der Waals surface area contributed by atoms with Crippen LogP contribution in [0.3, 0.4) is 0 Å². The number of hydrogen-bond acceptors (Lipinski definition) is 5. The van der Waals surface area contributed by atoms with Gasteiger partial charge in [0.1, 0.15) is 0 Å². The van der Waals surface area contributed by atoms with Crippen molar-refractivity contribution in [1.29, 1.82) is 0 Å². The van der Waals surface area contributed by atoms with Crippen LogP contribution in [0.25, 0.3) is 0 Å². The summed E-state index contributed by atoms with van der Waals surface area (Å²) in [6.45, 7) is 0. The molecule has 0 unspecified atom stereocenters. The largest absolute Gasteiger partial charge is 0.537 e. The van der Waals surface area contributed by atoms with Gasteiger partial charge in [-0.3, -0.25) is 14.9 Å². The van der Waals surface area contributed by atoms with Crippen molar-refractivity contribution in [3.63, 3.8) is 0 Å². The molecule has 0 bridgehead atoms. The van der Waals surface area contributed by atoms with Crippen molar-refractivity contribution in [3.8, 4) is 0 Å². The Morgan fingerprint density at radius 1 is 1.00 bits per heavy atom. The zero-order valence-electron chi connectivity index (χ0n) is 10.3. The highest BCUT2D eigenvalue weighted by atomic mass is 28.4. The first-order valence-electron chi connectivity index (χ1n) is 5.24. The maximum atomic E-state index is 11.8. The fourth-order valence-electron chi connectivity index (χ4n) is 2.05. The SMILES string of the molecule is CO[Si](OC)(OC)c1cccc2c1C(=O)NC2=O. The molecular formula is C11H13NO5Si. The number of amides is 2. The van der Waals surface area contributed by atoms with Crippen LogP contribution in [-0.4, -0.2) is 41.9 Å². The number of benzene rings is 1. The first kappa shape index (κ1) is 12.9. The van der Waals surface area contributed by atoms with Crippen molar-refractivity contribution in [2.24, 2.45) is 0 Å². The fraction of sp³-hybridized carbons (Fsp3) is 0.273. The van der Waals surface area contributed by atoms with Gasteiger partial charge in [-0.2, -0.15) is 0 Å². The Labute approximate surface area is 105 Å². The molecule has 1 aromatic rings. The molecule has 18 heavy (non-hydrogen) atoms. The van der Waals surface area contributed by atoms with E-state index in [1.165, 1.54) is 21.3 Å². The van der Waals surface area contributed by atoms with E-state index in [2.05, 4.69) is 5.32 Å². The number of carbonyl (C=O) groups is 2.